The molecule has 1 amide bonds. The minimum Gasteiger partial charge on any atom is -0.493 e. The monoisotopic (exact) mass is 387 g/mol. The summed E-state index contributed by atoms with van der Waals surface area (Å²) in [6.45, 7) is 0.548. The predicted molar refractivity (Wildman–Crippen MR) is 112 cm³/mol. The largest absolute Gasteiger partial charge is 0.493 e. The van der Waals surface area contributed by atoms with Gasteiger partial charge in [0.25, 0.3) is 5.91 Å². The molecule has 0 aromatic heterocycles. The van der Waals surface area contributed by atoms with E-state index in [1.54, 1.807) is 54.6 Å². The molecule has 3 aromatic rings. The summed E-state index contributed by atoms with van der Waals surface area (Å²) in [5, 5.41) is 11.8. The van der Waals surface area contributed by atoms with Crippen molar-refractivity contribution in [2.24, 2.45) is 0 Å². The molecule has 2 N–H and O–H groups in total. The minimum atomic E-state index is -1.21. The van der Waals surface area contributed by atoms with Crippen molar-refractivity contribution in [3.8, 4) is 5.75 Å². The molecule has 0 unspecified atom stereocenters. The third kappa shape index (κ3) is 6.07. The lowest BCUT2D eigenvalue weighted by Gasteiger charge is -2.08. The van der Waals surface area contributed by atoms with E-state index in [2.05, 4.69) is 17.4 Å². The van der Waals surface area contributed by atoms with Gasteiger partial charge in [-0.3, -0.25) is 4.79 Å². The molecule has 0 atom stereocenters. The van der Waals surface area contributed by atoms with E-state index < -0.39 is 11.9 Å². The Kier molecular flexibility index (Phi) is 6.79. The van der Waals surface area contributed by atoms with Crippen LogP contribution in [0.25, 0.3) is 6.08 Å². The second-order valence-electron chi connectivity index (χ2n) is 6.34. The maximum atomic E-state index is 12.2. The summed E-state index contributed by atoms with van der Waals surface area (Å²) in [6, 6.07) is 25.6. The first-order valence-electron chi connectivity index (χ1n) is 9.20. The molecule has 146 valence electrons. The summed E-state index contributed by atoms with van der Waals surface area (Å²) in [7, 11) is 0. The number of carboxylic acid groups (broad SMARTS) is 1. The number of carbonyl (C=O) groups is 2. The molecule has 29 heavy (non-hydrogen) atoms. The van der Waals surface area contributed by atoms with Gasteiger partial charge in [0.2, 0.25) is 0 Å². The molecule has 0 aliphatic rings. The van der Waals surface area contributed by atoms with Gasteiger partial charge in [-0.05, 0) is 41.5 Å². The van der Waals surface area contributed by atoms with Gasteiger partial charge in [0, 0.05) is 12.0 Å². The van der Waals surface area contributed by atoms with Crippen LogP contribution in [-0.4, -0.2) is 23.6 Å². The highest BCUT2D eigenvalue weighted by molar-refractivity contribution is 6.02. The van der Waals surface area contributed by atoms with Crippen LogP contribution in [0.2, 0.25) is 0 Å². The zero-order valence-corrected chi connectivity index (χ0v) is 15.7. The molecule has 0 aliphatic carbocycles. The molecule has 0 spiro atoms. The lowest BCUT2D eigenvalue weighted by molar-refractivity contribution is -0.132. The Labute approximate surface area is 169 Å². The topological polar surface area (TPSA) is 75.6 Å². The van der Waals surface area contributed by atoms with Gasteiger partial charge < -0.3 is 15.2 Å². The van der Waals surface area contributed by atoms with Gasteiger partial charge in [-0.25, -0.2) is 4.79 Å². The van der Waals surface area contributed by atoms with Crippen molar-refractivity contribution in [3.05, 3.63) is 107 Å². The Hall–Kier alpha value is -3.86. The van der Waals surface area contributed by atoms with E-state index in [9.17, 15) is 14.7 Å². The number of hydrogen-bond donors (Lipinski definition) is 2. The van der Waals surface area contributed by atoms with E-state index in [0.29, 0.717) is 23.5 Å². The van der Waals surface area contributed by atoms with Gasteiger partial charge >= 0.3 is 5.97 Å². The van der Waals surface area contributed by atoms with Crippen molar-refractivity contribution in [1.82, 2.24) is 5.32 Å². The number of amides is 1. The summed E-state index contributed by atoms with van der Waals surface area (Å²) < 4.78 is 5.73. The molecular weight excluding hydrogens is 366 g/mol. The average molecular weight is 387 g/mol. The second-order valence-corrected chi connectivity index (χ2v) is 6.34. The van der Waals surface area contributed by atoms with Crippen LogP contribution in [0.15, 0.2) is 90.6 Å². The number of benzene rings is 3. The SMILES string of the molecule is O=C(O)C(=Cc1ccc(OCCc2ccccc2)cc1)NC(=O)c1ccccc1. The standard InChI is InChI=1S/C24H21NO4/c26-23(20-9-5-2-6-10-20)25-22(24(27)28)17-19-11-13-21(14-12-19)29-16-15-18-7-3-1-4-8-18/h1-14,17H,15-16H2,(H,25,26)(H,27,28). The highest BCUT2D eigenvalue weighted by atomic mass is 16.5. The summed E-state index contributed by atoms with van der Waals surface area (Å²) in [5.41, 5.74) is 2.04. The molecule has 0 saturated heterocycles. The van der Waals surface area contributed by atoms with Gasteiger partial charge in [-0.1, -0.05) is 60.7 Å². The van der Waals surface area contributed by atoms with E-state index in [-0.39, 0.29) is 5.70 Å². The van der Waals surface area contributed by atoms with Crippen molar-refractivity contribution < 1.29 is 19.4 Å². The third-order valence-corrected chi connectivity index (χ3v) is 4.21. The number of ether oxygens (including phenoxy) is 1. The fourth-order valence-electron chi connectivity index (χ4n) is 2.69. The molecule has 3 aromatic carbocycles. The fourth-order valence-corrected chi connectivity index (χ4v) is 2.69. The van der Waals surface area contributed by atoms with Crippen LogP contribution in [0.1, 0.15) is 21.5 Å². The van der Waals surface area contributed by atoms with Crippen LogP contribution in [-0.2, 0) is 11.2 Å². The third-order valence-electron chi connectivity index (χ3n) is 4.21. The van der Waals surface area contributed by atoms with Crippen LogP contribution in [0, 0.1) is 0 Å². The molecule has 5 nitrogen and oxygen atoms in total. The van der Waals surface area contributed by atoms with E-state index in [1.807, 2.05) is 18.2 Å². The molecule has 0 fully saturated rings. The van der Waals surface area contributed by atoms with Gasteiger partial charge in [0.05, 0.1) is 6.61 Å². The first-order chi connectivity index (χ1) is 14.1. The fraction of sp³-hybridized carbons (Fsp3) is 0.0833. The summed E-state index contributed by atoms with van der Waals surface area (Å²) in [5.74, 6) is -0.985. The van der Waals surface area contributed by atoms with Crippen molar-refractivity contribution in [2.45, 2.75) is 6.42 Å². The number of nitrogens with one attached hydrogen (secondary N) is 1. The van der Waals surface area contributed by atoms with Crippen molar-refractivity contribution in [2.75, 3.05) is 6.61 Å². The van der Waals surface area contributed by atoms with E-state index in [1.165, 1.54) is 11.6 Å². The van der Waals surface area contributed by atoms with Crippen LogP contribution in [0.5, 0.6) is 5.75 Å². The molecule has 0 bridgehead atoms. The number of aliphatic carboxylic acids is 1. The van der Waals surface area contributed by atoms with Crippen molar-refractivity contribution in [3.63, 3.8) is 0 Å². The Morgan fingerprint density at radius 1 is 0.862 bits per heavy atom. The summed E-state index contributed by atoms with van der Waals surface area (Å²) >= 11 is 0. The highest BCUT2D eigenvalue weighted by Gasteiger charge is 2.13. The van der Waals surface area contributed by atoms with E-state index >= 15 is 0 Å². The second kappa shape index (κ2) is 9.90. The summed E-state index contributed by atoms with van der Waals surface area (Å²) in [6.07, 6.45) is 2.22. The molecule has 5 heteroatoms. The lowest BCUT2D eigenvalue weighted by atomic mass is 10.1. The number of carbonyl (C=O) groups excluding carboxylic acids is 1. The van der Waals surface area contributed by atoms with Gasteiger partial charge in [0.15, 0.2) is 0 Å². The number of carboxylic acids is 1. The molecule has 0 heterocycles. The van der Waals surface area contributed by atoms with E-state index in [0.717, 1.165) is 6.42 Å². The van der Waals surface area contributed by atoms with Gasteiger partial charge in [-0.15, -0.1) is 0 Å². The normalized spacial score (nSPS) is 11.0. The van der Waals surface area contributed by atoms with Crippen LogP contribution in [0.4, 0.5) is 0 Å². The quantitative estimate of drug-likeness (QED) is 0.569. The maximum Gasteiger partial charge on any atom is 0.352 e. The Morgan fingerprint density at radius 2 is 1.48 bits per heavy atom. The van der Waals surface area contributed by atoms with Crippen LogP contribution >= 0.6 is 0 Å². The van der Waals surface area contributed by atoms with Crippen LogP contribution in [0.3, 0.4) is 0 Å². The zero-order valence-electron chi connectivity index (χ0n) is 15.7. The number of hydrogen-bond acceptors (Lipinski definition) is 3. The minimum absolute atomic E-state index is 0.198. The van der Waals surface area contributed by atoms with Crippen LogP contribution < -0.4 is 10.1 Å². The first-order valence-corrected chi connectivity index (χ1v) is 9.20. The average Bonchev–Trinajstić information content (AvgIpc) is 2.75. The van der Waals surface area contributed by atoms with Crippen molar-refractivity contribution in [1.29, 1.82) is 0 Å². The summed E-state index contributed by atoms with van der Waals surface area (Å²) in [4.78, 5) is 23.7. The zero-order chi connectivity index (χ0) is 20.5. The molecule has 0 aliphatic heterocycles. The molecule has 3 rings (SSSR count). The highest BCUT2D eigenvalue weighted by Crippen LogP contribution is 2.15. The maximum absolute atomic E-state index is 12.2. The predicted octanol–water partition coefficient (Wildman–Crippen LogP) is 4.16. The van der Waals surface area contributed by atoms with E-state index in [4.69, 9.17) is 4.74 Å². The van der Waals surface area contributed by atoms with Crippen molar-refractivity contribution >= 4 is 18.0 Å². The van der Waals surface area contributed by atoms with Gasteiger partial charge in [-0.2, -0.15) is 0 Å². The Bertz CT molecular complexity index is 980. The molecular formula is C24H21NO4. The Balaban J connectivity index is 1.61. The molecule has 0 saturated carbocycles. The number of rotatable bonds is 8. The molecule has 0 radical (unpaired) electrons. The smallest absolute Gasteiger partial charge is 0.352 e. The first kappa shape index (κ1) is 19.9. The lowest BCUT2D eigenvalue weighted by Crippen LogP contribution is -2.27. The Morgan fingerprint density at radius 3 is 2.10 bits per heavy atom. The van der Waals surface area contributed by atoms with Gasteiger partial charge in [0.1, 0.15) is 11.4 Å².